The Hall–Kier alpha value is -2.72. The van der Waals surface area contributed by atoms with E-state index in [4.69, 9.17) is 0 Å². The monoisotopic (exact) mass is 462 g/mol. The number of H-pyrrole nitrogens is 1. The maximum absolute atomic E-state index is 13.8. The summed E-state index contributed by atoms with van der Waals surface area (Å²) in [5.41, 5.74) is 1.07. The van der Waals surface area contributed by atoms with Crippen molar-refractivity contribution in [2.24, 2.45) is 5.92 Å². The van der Waals surface area contributed by atoms with Crippen molar-refractivity contribution in [3.63, 3.8) is 0 Å². The topological polar surface area (TPSA) is 103 Å². The molecule has 3 heterocycles. The standard InChI is InChI=1S/C22H27FN4O4S/c1-15-6-7-17(11-19(15)23)25-21(28)16-5-4-10-27(14-16)32(30,31)18-12-20(24-13-18)22(29)26-8-2-3-9-26/h6-7,11-13,16,24H,2-5,8-10,14H2,1H3,(H,25,28)/t16-/m1/s1. The Kier molecular flexibility index (Phi) is 6.34. The summed E-state index contributed by atoms with van der Waals surface area (Å²) < 4.78 is 41.4. The van der Waals surface area contributed by atoms with Gasteiger partial charge in [0, 0.05) is 38.1 Å². The lowest BCUT2D eigenvalue weighted by Gasteiger charge is -2.31. The number of carbonyl (C=O) groups is 2. The lowest BCUT2D eigenvalue weighted by Crippen LogP contribution is -2.43. The van der Waals surface area contributed by atoms with E-state index in [1.165, 1.54) is 22.6 Å². The smallest absolute Gasteiger partial charge is 0.270 e. The molecule has 172 valence electrons. The van der Waals surface area contributed by atoms with Gasteiger partial charge in [0.2, 0.25) is 15.9 Å². The first-order valence-electron chi connectivity index (χ1n) is 10.8. The molecular formula is C22H27FN4O4S. The second-order valence-corrected chi connectivity index (χ2v) is 10.3. The molecule has 0 radical (unpaired) electrons. The number of piperidine rings is 1. The summed E-state index contributed by atoms with van der Waals surface area (Å²) in [5, 5.41) is 2.68. The van der Waals surface area contributed by atoms with Crippen molar-refractivity contribution in [1.82, 2.24) is 14.2 Å². The van der Waals surface area contributed by atoms with Crippen molar-refractivity contribution in [2.45, 2.75) is 37.5 Å². The minimum atomic E-state index is -3.86. The van der Waals surface area contributed by atoms with Crippen LogP contribution in [0, 0.1) is 18.7 Å². The van der Waals surface area contributed by atoms with Gasteiger partial charge >= 0.3 is 0 Å². The van der Waals surface area contributed by atoms with Crippen LogP contribution in [0.1, 0.15) is 41.7 Å². The van der Waals surface area contributed by atoms with E-state index in [0.717, 1.165) is 12.8 Å². The molecule has 32 heavy (non-hydrogen) atoms. The van der Waals surface area contributed by atoms with Gasteiger partial charge in [0.25, 0.3) is 5.91 Å². The fraction of sp³-hybridized carbons (Fsp3) is 0.455. The molecule has 10 heteroatoms. The first-order valence-corrected chi connectivity index (χ1v) is 12.2. The highest BCUT2D eigenvalue weighted by Gasteiger charge is 2.34. The van der Waals surface area contributed by atoms with Crippen LogP contribution in [0.15, 0.2) is 35.4 Å². The minimum Gasteiger partial charge on any atom is -0.356 e. The molecule has 2 aliphatic rings. The lowest BCUT2D eigenvalue weighted by molar-refractivity contribution is -0.120. The van der Waals surface area contributed by atoms with E-state index >= 15 is 0 Å². The van der Waals surface area contributed by atoms with Crippen LogP contribution < -0.4 is 5.32 Å². The molecule has 2 aliphatic heterocycles. The number of sulfonamides is 1. The quantitative estimate of drug-likeness (QED) is 0.713. The van der Waals surface area contributed by atoms with Crippen LogP contribution in [-0.4, -0.2) is 60.6 Å². The molecule has 2 fully saturated rings. The summed E-state index contributed by atoms with van der Waals surface area (Å²) >= 11 is 0. The van der Waals surface area contributed by atoms with Crippen molar-refractivity contribution in [3.8, 4) is 0 Å². The third-order valence-corrected chi connectivity index (χ3v) is 7.96. The van der Waals surface area contributed by atoms with Crippen LogP contribution in [0.2, 0.25) is 0 Å². The Bertz CT molecular complexity index is 1120. The molecule has 0 spiro atoms. The number of rotatable bonds is 5. The number of aromatic nitrogens is 1. The third kappa shape index (κ3) is 4.56. The van der Waals surface area contributed by atoms with Crippen molar-refractivity contribution in [1.29, 1.82) is 0 Å². The Morgan fingerprint density at radius 1 is 1.12 bits per heavy atom. The number of nitrogens with zero attached hydrogens (tertiary/aromatic N) is 2. The maximum atomic E-state index is 13.8. The Balaban J connectivity index is 1.44. The Labute approximate surface area is 186 Å². The number of carbonyl (C=O) groups excluding carboxylic acids is 2. The van der Waals surface area contributed by atoms with Crippen LogP contribution in [0.5, 0.6) is 0 Å². The van der Waals surface area contributed by atoms with Gasteiger partial charge < -0.3 is 15.2 Å². The molecule has 1 aromatic heterocycles. The highest BCUT2D eigenvalue weighted by atomic mass is 32.2. The molecule has 2 aromatic rings. The average Bonchev–Trinajstić information content (AvgIpc) is 3.49. The average molecular weight is 463 g/mol. The summed E-state index contributed by atoms with van der Waals surface area (Å²) in [6.07, 6.45) is 4.30. The fourth-order valence-corrected chi connectivity index (χ4v) is 5.69. The Morgan fingerprint density at radius 2 is 1.88 bits per heavy atom. The molecule has 1 atom stereocenters. The molecule has 8 nitrogen and oxygen atoms in total. The van der Waals surface area contributed by atoms with E-state index in [1.807, 2.05) is 0 Å². The van der Waals surface area contributed by atoms with E-state index < -0.39 is 21.8 Å². The number of aryl methyl sites for hydroxylation is 1. The highest BCUT2D eigenvalue weighted by molar-refractivity contribution is 7.89. The number of hydrogen-bond donors (Lipinski definition) is 2. The first-order chi connectivity index (χ1) is 15.3. The zero-order chi connectivity index (χ0) is 22.9. The fourth-order valence-electron chi connectivity index (χ4n) is 4.18. The molecule has 0 bridgehead atoms. The van der Waals surface area contributed by atoms with E-state index in [2.05, 4.69) is 10.3 Å². The van der Waals surface area contributed by atoms with Gasteiger partial charge in [-0.2, -0.15) is 4.31 Å². The molecule has 4 rings (SSSR count). The van der Waals surface area contributed by atoms with E-state index in [9.17, 15) is 22.4 Å². The van der Waals surface area contributed by atoms with Crippen molar-refractivity contribution in [2.75, 3.05) is 31.5 Å². The maximum Gasteiger partial charge on any atom is 0.270 e. The summed E-state index contributed by atoms with van der Waals surface area (Å²) in [5.74, 6) is -1.51. The van der Waals surface area contributed by atoms with E-state index in [0.29, 0.717) is 43.7 Å². The van der Waals surface area contributed by atoms with Gasteiger partial charge in [-0.3, -0.25) is 9.59 Å². The predicted octanol–water partition coefficient (Wildman–Crippen LogP) is 2.74. The summed E-state index contributed by atoms with van der Waals surface area (Å²) in [7, 11) is -3.86. The summed E-state index contributed by atoms with van der Waals surface area (Å²) in [6.45, 7) is 3.31. The van der Waals surface area contributed by atoms with Crippen LogP contribution in [-0.2, 0) is 14.8 Å². The van der Waals surface area contributed by atoms with Crippen LogP contribution in [0.3, 0.4) is 0 Å². The van der Waals surface area contributed by atoms with Gasteiger partial charge in [-0.25, -0.2) is 12.8 Å². The molecular weight excluding hydrogens is 435 g/mol. The van der Waals surface area contributed by atoms with Crippen LogP contribution in [0.4, 0.5) is 10.1 Å². The second kappa shape index (κ2) is 9.03. The second-order valence-electron chi connectivity index (χ2n) is 8.40. The van der Waals surface area contributed by atoms with E-state index in [-0.39, 0.29) is 28.9 Å². The zero-order valence-corrected chi connectivity index (χ0v) is 18.8. The van der Waals surface area contributed by atoms with Crippen molar-refractivity contribution < 1.29 is 22.4 Å². The molecule has 2 amide bonds. The normalized spacial score (nSPS) is 19.8. The molecule has 2 N–H and O–H groups in total. The van der Waals surface area contributed by atoms with Gasteiger partial charge in [-0.05, 0) is 56.4 Å². The molecule has 0 unspecified atom stereocenters. The highest BCUT2D eigenvalue weighted by Crippen LogP contribution is 2.26. The zero-order valence-electron chi connectivity index (χ0n) is 17.9. The van der Waals surface area contributed by atoms with Crippen molar-refractivity contribution >= 4 is 27.5 Å². The molecule has 0 saturated carbocycles. The van der Waals surface area contributed by atoms with Gasteiger partial charge in [0.15, 0.2) is 0 Å². The lowest BCUT2D eigenvalue weighted by atomic mass is 9.98. The van der Waals surface area contributed by atoms with Crippen molar-refractivity contribution in [3.05, 3.63) is 47.5 Å². The minimum absolute atomic E-state index is 0.0155. The number of nitrogens with one attached hydrogen (secondary N) is 2. The van der Waals surface area contributed by atoms with Gasteiger partial charge in [-0.15, -0.1) is 0 Å². The number of anilines is 1. The molecule has 0 aliphatic carbocycles. The van der Waals surface area contributed by atoms with Crippen LogP contribution >= 0.6 is 0 Å². The largest absolute Gasteiger partial charge is 0.356 e. The molecule has 1 aromatic carbocycles. The number of benzene rings is 1. The predicted molar refractivity (Wildman–Crippen MR) is 117 cm³/mol. The van der Waals surface area contributed by atoms with Crippen LogP contribution in [0.25, 0.3) is 0 Å². The summed E-state index contributed by atoms with van der Waals surface area (Å²) in [4.78, 5) is 29.7. The number of aromatic amines is 1. The number of amides is 2. The molecule has 2 saturated heterocycles. The van der Waals surface area contributed by atoms with E-state index in [1.54, 1.807) is 24.0 Å². The Morgan fingerprint density at radius 3 is 2.59 bits per heavy atom. The first kappa shape index (κ1) is 22.5. The number of hydrogen-bond acceptors (Lipinski definition) is 4. The van der Waals surface area contributed by atoms with Gasteiger partial charge in [-0.1, -0.05) is 6.07 Å². The number of likely N-dealkylation sites (tertiary alicyclic amines) is 1. The SMILES string of the molecule is Cc1ccc(NC(=O)[C@@H]2CCCN(S(=O)(=O)c3c[nH]c(C(=O)N4CCCC4)c3)C2)cc1F. The number of halogens is 1. The summed E-state index contributed by atoms with van der Waals surface area (Å²) in [6, 6.07) is 5.82. The van der Waals surface area contributed by atoms with Gasteiger partial charge in [0.1, 0.15) is 16.4 Å². The third-order valence-electron chi connectivity index (χ3n) is 6.11. The van der Waals surface area contributed by atoms with Gasteiger partial charge in [0.05, 0.1) is 5.92 Å².